The standard InChI is InChI=1S/C34H44N8O14/c1-16(35)29(50)37-15-25(43)38-21(12-27(46)47)31(52)39-20(8-9-26(44)45)30(51)40-22(13-28(48)49)32(53)41-23(33(54)42-10-4-7-24(42)34(55)56)11-17-14-36-19-6-3-2-5-18(17)19/h2-3,5-6,14,16,20-24,36H,4,7-13,15,35H2,1H3,(H,37,50)(H,38,43)(H,39,52)(H,40,51)(H,41,53)(H,44,45)(H,46,47)(H,48,49)(H,55,56)/t16-,20-,21-,22-,23-,24-/m0/s1. The number of nitrogens with zero attached hydrogens (tertiary/aromatic N) is 1. The van der Waals surface area contributed by atoms with Crippen LogP contribution in [0.5, 0.6) is 0 Å². The van der Waals surface area contributed by atoms with Crippen molar-refractivity contribution in [1.82, 2.24) is 36.5 Å². The van der Waals surface area contributed by atoms with Crippen molar-refractivity contribution < 1.29 is 68.4 Å². The fraction of sp³-hybridized carbons (Fsp3) is 0.471. The highest BCUT2D eigenvalue weighted by Gasteiger charge is 2.39. The molecule has 6 atom stereocenters. The lowest BCUT2D eigenvalue weighted by atomic mass is 10.0. The number of nitrogens with one attached hydrogen (secondary N) is 6. The first-order valence-electron chi connectivity index (χ1n) is 17.3. The molecule has 0 aliphatic carbocycles. The van der Waals surface area contributed by atoms with Gasteiger partial charge in [-0.3, -0.25) is 43.2 Å². The van der Waals surface area contributed by atoms with Crippen LogP contribution in [-0.2, 0) is 54.4 Å². The van der Waals surface area contributed by atoms with Gasteiger partial charge in [-0.15, -0.1) is 0 Å². The highest BCUT2D eigenvalue weighted by molar-refractivity contribution is 5.98. The number of amides is 6. The van der Waals surface area contributed by atoms with Crippen LogP contribution in [0, 0.1) is 0 Å². The second kappa shape index (κ2) is 20.2. The van der Waals surface area contributed by atoms with Crippen LogP contribution in [0.25, 0.3) is 10.9 Å². The summed E-state index contributed by atoms with van der Waals surface area (Å²) in [6.07, 6.45) is -1.60. The Morgan fingerprint density at radius 1 is 0.786 bits per heavy atom. The van der Waals surface area contributed by atoms with Crippen molar-refractivity contribution in [1.29, 1.82) is 0 Å². The van der Waals surface area contributed by atoms with Crippen molar-refractivity contribution in [3.8, 4) is 0 Å². The summed E-state index contributed by atoms with van der Waals surface area (Å²) in [6, 6.07) is -2.30. The number of hydrogen-bond acceptors (Lipinski definition) is 11. The van der Waals surface area contributed by atoms with Crippen LogP contribution < -0.4 is 32.3 Å². The zero-order chi connectivity index (χ0) is 41.7. The van der Waals surface area contributed by atoms with Gasteiger partial charge in [-0.05, 0) is 37.8 Å². The molecule has 0 bridgehead atoms. The summed E-state index contributed by atoms with van der Waals surface area (Å²) in [4.78, 5) is 129. The van der Waals surface area contributed by atoms with Crippen molar-refractivity contribution in [3.05, 3.63) is 36.0 Å². The Hall–Kier alpha value is -6.58. The van der Waals surface area contributed by atoms with E-state index in [0.717, 1.165) is 4.90 Å². The maximum Gasteiger partial charge on any atom is 0.326 e. The average Bonchev–Trinajstić information content (AvgIpc) is 3.78. The van der Waals surface area contributed by atoms with Crippen LogP contribution in [0.1, 0.15) is 51.0 Å². The summed E-state index contributed by atoms with van der Waals surface area (Å²) < 4.78 is 0. The molecule has 2 heterocycles. The molecule has 1 aliphatic heterocycles. The number of likely N-dealkylation sites (tertiary alicyclic amines) is 1. The molecular formula is C34H44N8O14. The third kappa shape index (κ3) is 12.8. The number of carboxylic acid groups (broad SMARTS) is 4. The molecule has 1 aromatic carbocycles. The zero-order valence-electron chi connectivity index (χ0n) is 30.1. The summed E-state index contributed by atoms with van der Waals surface area (Å²) in [5, 5.41) is 49.6. The van der Waals surface area contributed by atoms with Crippen molar-refractivity contribution in [3.63, 3.8) is 0 Å². The summed E-state index contributed by atoms with van der Waals surface area (Å²) in [5.41, 5.74) is 6.64. The quantitative estimate of drug-likeness (QED) is 0.0601. The second-order valence-electron chi connectivity index (χ2n) is 13.0. The maximum atomic E-state index is 13.9. The molecule has 0 spiro atoms. The smallest absolute Gasteiger partial charge is 0.326 e. The number of carbonyl (C=O) groups excluding carboxylic acids is 6. The normalized spacial score (nSPS) is 16.3. The Morgan fingerprint density at radius 3 is 1.95 bits per heavy atom. The molecule has 3 rings (SSSR count). The predicted molar refractivity (Wildman–Crippen MR) is 190 cm³/mol. The minimum absolute atomic E-state index is 0.0567. The number of aromatic nitrogens is 1. The van der Waals surface area contributed by atoms with E-state index in [0.29, 0.717) is 22.9 Å². The van der Waals surface area contributed by atoms with E-state index in [1.807, 2.05) is 0 Å². The number of carboxylic acids is 4. The molecule has 6 amide bonds. The van der Waals surface area contributed by atoms with E-state index in [4.69, 9.17) is 5.73 Å². The lowest BCUT2D eigenvalue weighted by Crippen LogP contribution is -2.59. The first-order chi connectivity index (χ1) is 26.4. The van der Waals surface area contributed by atoms with Crippen LogP contribution in [0.2, 0.25) is 0 Å². The van der Waals surface area contributed by atoms with Crippen molar-refractivity contribution in [2.45, 2.75) is 88.1 Å². The molecule has 56 heavy (non-hydrogen) atoms. The Labute approximate surface area is 317 Å². The number of hydrogen-bond donors (Lipinski definition) is 11. The van der Waals surface area contributed by atoms with Crippen molar-refractivity contribution in [2.24, 2.45) is 5.73 Å². The van der Waals surface area contributed by atoms with E-state index in [9.17, 15) is 68.4 Å². The fourth-order valence-corrected chi connectivity index (χ4v) is 5.90. The Morgan fingerprint density at radius 2 is 1.36 bits per heavy atom. The minimum atomic E-state index is -1.94. The van der Waals surface area contributed by atoms with E-state index < -0.39 is 128 Å². The third-order valence-corrected chi connectivity index (χ3v) is 8.69. The summed E-state index contributed by atoms with van der Waals surface area (Å²) in [6.45, 7) is 0.674. The Bertz CT molecular complexity index is 1850. The number of fused-ring (bicyclic) bond motifs is 1. The highest BCUT2D eigenvalue weighted by atomic mass is 16.4. The lowest BCUT2D eigenvalue weighted by molar-refractivity contribution is -0.149. The molecular weight excluding hydrogens is 744 g/mol. The summed E-state index contributed by atoms with van der Waals surface area (Å²) in [7, 11) is 0. The largest absolute Gasteiger partial charge is 0.481 e. The number of carbonyl (C=O) groups is 10. The maximum absolute atomic E-state index is 13.9. The molecule has 0 radical (unpaired) electrons. The van der Waals surface area contributed by atoms with E-state index in [2.05, 4.69) is 31.6 Å². The zero-order valence-corrected chi connectivity index (χ0v) is 30.1. The SMILES string of the molecule is C[C@H](N)C(=O)NCC(=O)N[C@@H](CC(=O)O)C(=O)N[C@@H](CCC(=O)O)C(=O)N[C@@H](CC(=O)O)C(=O)N[C@@H](Cc1c[nH]c2ccccc12)C(=O)N1CCC[C@H]1C(=O)O. The van der Waals surface area contributed by atoms with Gasteiger partial charge in [-0.25, -0.2) is 4.79 Å². The topological polar surface area (TPSA) is 357 Å². The molecule has 1 saturated heterocycles. The van der Waals surface area contributed by atoms with Gasteiger partial charge in [0.05, 0.1) is 25.4 Å². The van der Waals surface area contributed by atoms with Gasteiger partial charge in [0.15, 0.2) is 0 Å². The van der Waals surface area contributed by atoms with Crippen LogP contribution >= 0.6 is 0 Å². The van der Waals surface area contributed by atoms with Gasteiger partial charge in [0.2, 0.25) is 35.4 Å². The van der Waals surface area contributed by atoms with E-state index in [-0.39, 0.29) is 19.4 Å². The lowest BCUT2D eigenvalue weighted by Gasteiger charge is -2.29. The first kappa shape index (κ1) is 43.8. The predicted octanol–water partition coefficient (Wildman–Crippen LogP) is -3.00. The van der Waals surface area contributed by atoms with Crippen LogP contribution in [0.4, 0.5) is 0 Å². The number of para-hydroxylation sites is 1. The second-order valence-corrected chi connectivity index (χ2v) is 13.0. The van der Waals surface area contributed by atoms with Crippen LogP contribution in [0.15, 0.2) is 30.5 Å². The minimum Gasteiger partial charge on any atom is -0.481 e. The molecule has 304 valence electrons. The fourth-order valence-electron chi connectivity index (χ4n) is 5.90. The molecule has 1 fully saturated rings. The average molecular weight is 789 g/mol. The summed E-state index contributed by atoms with van der Waals surface area (Å²) in [5.74, 6) is -12.2. The van der Waals surface area contributed by atoms with Crippen molar-refractivity contribution in [2.75, 3.05) is 13.1 Å². The van der Waals surface area contributed by atoms with Crippen LogP contribution in [-0.4, -0.2) is 139 Å². The van der Waals surface area contributed by atoms with Gasteiger partial charge in [-0.1, -0.05) is 18.2 Å². The highest BCUT2D eigenvalue weighted by Crippen LogP contribution is 2.23. The van der Waals surface area contributed by atoms with Gasteiger partial charge < -0.3 is 62.6 Å². The van der Waals surface area contributed by atoms with Crippen molar-refractivity contribution >= 4 is 70.2 Å². The number of rotatable bonds is 21. The Kier molecular flexibility index (Phi) is 15.8. The molecule has 0 unspecified atom stereocenters. The van der Waals surface area contributed by atoms with Gasteiger partial charge in [0.1, 0.15) is 30.2 Å². The van der Waals surface area contributed by atoms with Gasteiger partial charge in [0, 0.05) is 36.5 Å². The monoisotopic (exact) mass is 788 g/mol. The molecule has 1 aromatic heterocycles. The van der Waals surface area contributed by atoms with Gasteiger partial charge in [0.25, 0.3) is 0 Å². The number of aliphatic carboxylic acids is 4. The van der Waals surface area contributed by atoms with E-state index in [1.54, 1.807) is 30.5 Å². The molecule has 1 aliphatic rings. The Balaban J connectivity index is 1.87. The summed E-state index contributed by atoms with van der Waals surface area (Å²) >= 11 is 0. The molecule has 22 nitrogen and oxygen atoms in total. The molecule has 2 aromatic rings. The van der Waals surface area contributed by atoms with E-state index >= 15 is 0 Å². The number of aromatic amines is 1. The third-order valence-electron chi connectivity index (χ3n) is 8.69. The molecule has 22 heteroatoms. The first-order valence-corrected chi connectivity index (χ1v) is 17.3. The van der Waals surface area contributed by atoms with E-state index in [1.165, 1.54) is 6.92 Å². The van der Waals surface area contributed by atoms with Gasteiger partial charge in [-0.2, -0.15) is 0 Å². The number of H-pyrrole nitrogens is 1. The number of benzene rings is 1. The van der Waals surface area contributed by atoms with Crippen LogP contribution in [0.3, 0.4) is 0 Å². The molecule has 0 saturated carbocycles. The van der Waals surface area contributed by atoms with Gasteiger partial charge >= 0.3 is 23.9 Å². The molecule has 12 N–H and O–H groups in total. The number of nitrogens with two attached hydrogens (primary N) is 1.